The summed E-state index contributed by atoms with van der Waals surface area (Å²) in [5.41, 5.74) is 7.80. The first-order valence-corrected chi connectivity index (χ1v) is 8.03. The number of nitrogen functional groups attached to an aromatic ring is 1. The van der Waals surface area contributed by atoms with Gasteiger partial charge in [0, 0.05) is 36.0 Å². The highest BCUT2D eigenvalue weighted by Gasteiger charge is 2.09. The molecule has 0 aliphatic carbocycles. The number of amides is 1. The van der Waals surface area contributed by atoms with E-state index in [0.29, 0.717) is 48.1 Å². The highest BCUT2D eigenvalue weighted by Crippen LogP contribution is 2.27. The van der Waals surface area contributed by atoms with E-state index in [0.717, 1.165) is 5.56 Å². The number of aryl methyl sites for hydroxylation is 1. The van der Waals surface area contributed by atoms with Gasteiger partial charge in [0.15, 0.2) is 0 Å². The Balaban J connectivity index is 0.00000338. The zero-order chi connectivity index (χ0) is 18.2. The van der Waals surface area contributed by atoms with Gasteiger partial charge in [-0.15, -0.1) is 12.4 Å². The van der Waals surface area contributed by atoms with Crippen LogP contribution in [0.2, 0.25) is 0 Å². The molecule has 0 radical (unpaired) electrons. The molecule has 2 rings (SSSR count). The number of benzene rings is 2. The van der Waals surface area contributed by atoms with E-state index >= 15 is 0 Å². The summed E-state index contributed by atoms with van der Waals surface area (Å²) in [6.07, 6.45) is 0.673. The molecule has 6 nitrogen and oxygen atoms in total. The van der Waals surface area contributed by atoms with Gasteiger partial charge in [-0.05, 0) is 31.0 Å². The molecule has 0 atom stereocenters. The van der Waals surface area contributed by atoms with Crippen molar-refractivity contribution in [2.75, 3.05) is 33.1 Å². The molecule has 7 heteroatoms. The van der Waals surface area contributed by atoms with E-state index in [9.17, 15) is 4.79 Å². The summed E-state index contributed by atoms with van der Waals surface area (Å²) in [7, 11) is 3.18. The standard InChI is InChI=1S/C19H24N2O4.ClH/c1-13-5-6-14(20)9-18(13)19(22)21-7-4-8-25-17-11-15(23-2)10-16(12-17)24-3;/h5-6,9-12H,4,7-8,20H2,1-3H3,(H,21,22);1H. The van der Waals surface area contributed by atoms with Crippen LogP contribution in [0, 0.1) is 6.92 Å². The number of ether oxygens (including phenoxy) is 3. The predicted octanol–water partition coefficient (Wildman–Crippen LogP) is 3.22. The van der Waals surface area contributed by atoms with Gasteiger partial charge in [0.05, 0.1) is 20.8 Å². The van der Waals surface area contributed by atoms with Crippen molar-refractivity contribution in [3.05, 3.63) is 47.5 Å². The van der Waals surface area contributed by atoms with Crippen LogP contribution in [-0.2, 0) is 0 Å². The maximum Gasteiger partial charge on any atom is 0.251 e. The van der Waals surface area contributed by atoms with E-state index in [-0.39, 0.29) is 18.3 Å². The minimum atomic E-state index is -0.132. The van der Waals surface area contributed by atoms with Crippen molar-refractivity contribution in [2.45, 2.75) is 13.3 Å². The van der Waals surface area contributed by atoms with Gasteiger partial charge >= 0.3 is 0 Å². The van der Waals surface area contributed by atoms with Gasteiger partial charge in [-0.1, -0.05) is 6.07 Å². The Kier molecular flexibility index (Phi) is 8.58. The Morgan fingerprint density at radius 3 is 2.27 bits per heavy atom. The number of carbonyl (C=O) groups excluding carboxylic acids is 1. The Labute approximate surface area is 160 Å². The highest BCUT2D eigenvalue weighted by atomic mass is 35.5. The van der Waals surface area contributed by atoms with Crippen LogP contribution in [0.1, 0.15) is 22.3 Å². The minimum absolute atomic E-state index is 0. The Hall–Kier alpha value is -2.60. The highest BCUT2D eigenvalue weighted by molar-refractivity contribution is 5.96. The summed E-state index contributed by atoms with van der Waals surface area (Å²) in [6.45, 7) is 2.86. The Morgan fingerprint density at radius 1 is 1.04 bits per heavy atom. The van der Waals surface area contributed by atoms with Crippen LogP contribution in [0.3, 0.4) is 0 Å². The third kappa shape index (κ3) is 6.04. The minimum Gasteiger partial charge on any atom is -0.496 e. The summed E-state index contributed by atoms with van der Waals surface area (Å²) in [4.78, 5) is 12.2. The number of rotatable bonds is 8. The van der Waals surface area contributed by atoms with Crippen LogP contribution in [-0.4, -0.2) is 33.3 Å². The summed E-state index contributed by atoms with van der Waals surface area (Å²) in [5.74, 6) is 1.86. The fourth-order valence-electron chi connectivity index (χ4n) is 2.31. The van der Waals surface area contributed by atoms with Gasteiger partial charge in [0.1, 0.15) is 17.2 Å². The second kappa shape index (κ2) is 10.4. The fraction of sp³-hybridized carbons (Fsp3) is 0.316. The second-order valence-electron chi connectivity index (χ2n) is 5.58. The van der Waals surface area contributed by atoms with Crippen molar-refractivity contribution < 1.29 is 19.0 Å². The van der Waals surface area contributed by atoms with Crippen LogP contribution in [0.15, 0.2) is 36.4 Å². The summed E-state index contributed by atoms with van der Waals surface area (Å²) in [5, 5.41) is 2.87. The molecule has 0 saturated carbocycles. The monoisotopic (exact) mass is 380 g/mol. The molecule has 0 spiro atoms. The first-order chi connectivity index (χ1) is 12.0. The number of nitrogens with two attached hydrogens (primary N) is 1. The summed E-state index contributed by atoms with van der Waals surface area (Å²) < 4.78 is 16.1. The number of nitrogens with one attached hydrogen (secondary N) is 1. The van der Waals surface area contributed by atoms with Crippen LogP contribution in [0.4, 0.5) is 5.69 Å². The quantitative estimate of drug-likeness (QED) is 0.542. The van der Waals surface area contributed by atoms with Gasteiger partial charge in [0.25, 0.3) is 5.91 Å². The average molecular weight is 381 g/mol. The van der Waals surface area contributed by atoms with Crippen LogP contribution >= 0.6 is 12.4 Å². The average Bonchev–Trinajstić information content (AvgIpc) is 2.62. The lowest BCUT2D eigenvalue weighted by molar-refractivity contribution is 0.0951. The molecule has 2 aromatic rings. The molecule has 2 aromatic carbocycles. The van der Waals surface area contributed by atoms with Crippen molar-refractivity contribution in [2.24, 2.45) is 0 Å². The molecule has 1 amide bonds. The van der Waals surface area contributed by atoms with E-state index in [1.54, 1.807) is 44.6 Å². The molecular formula is C19H25ClN2O4. The molecule has 0 heterocycles. The fourth-order valence-corrected chi connectivity index (χ4v) is 2.31. The van der Waals surface area contributed by atoms with E-state index in [1.165, 1.54) is 0 Å². The zero-order valence-electron chi connectivity index (χ0n) is 15.2. The van der Waals surface area contributed by atoms with E-state index in [2.05, 4.69) is 5.32 Å². The summed E-state index contributed by atoms with van der Waals surface area (Å²) in [6, 6.07) is 10.7. The normalized spacial score (nSPS) is 9.81. The number of carbonyl (C=O) groups is 1. The van der Waals surface area contributed by atoms with Crippen molar-refractivity contribution in [1.82, 2.24) is 5.32 Å². The Bertz CT molecular complexity index is 715. The molecule has 0 aromatic heterocycles. The largest absolute Gasteiger partial charge is 0.496 e. The molecule has 0 aliphatic heterocycles. The zero-order valence-corrected chi connectivity index (χ0v) is 16.0. The van der Waals surface area contributed by atoms with Crippen LogP contribution < -0.4 is 25.3 Å². The number of halogens is 1. The molecule has 0 bridgehead atoms. The third-order valence-corrected chi connectivity index (χ3v) is 3.71. The predicted molar refractivity (Wildman–Crippen MR) is 105 cm³/mol. The molecule has 0 fully saturated rings. The lowest BCUT2D eigenvalue weighted by Crippen LogP contribution is -2.26. The molecule has 0 saturated heterocycles. The van der Waals surface area contributed by atoms with Crippen molar-refractivity contribution in [3.63, 3.8) is 0 Å². The smallest absolute Gasteiger partial charge is 0.251 e. The van der Waals surface area contributed by atoms with E-state index < -0.39 is 0 Å². The van der Waals surface area contributed by atoms with E-state index in [1.807, 2.05) is 13.0 Å². The van der Waals surface area contributed by atoms with Crippen molar-refractivity contribution >= 4 is 24.0 Å². The van der Waals surface area contributed by atoms with Gasteiger partial charge in [-0.2, -0.15) is 0 Å². The third-order valence-electron chi connectivity index (χ3n) is 3.71. The molecule has 0 aliphatic rings. The number of hydrogen-bond donors (Lipinski definition) is 2. The van der Waals surface area contributed by atoms with Gasteiger partial charge in [-0.25, -0.2) is 0 Å². The number of methoxy groups -OCH3 is 2. The Morgan fingerprint density at radius 2 is 1.65 bits per heavy atom. The van der Waals surface area contributed by atoms with Crippen molar-refractivity contribution in [1.29, 1.82) is 0 Å². The van der Waals surface area contributed by atoms with E-state index in [4.69, 9.17) is 19.9 Å². The van der Waals surface area contributed by atoms with Crippen LogP contribution in [0.25, 0.3) is 0 Å². The molecule has 26 heavy (non-hydrogen) atoms. The first-order valence-electron chi connectivity index (χ1n) is 8.03. The SMILES string of the molecule is COc1cc(OC)cc(OCCCNC(=O)c2cc(N)ccc2C)c1.Cl. The number of anilines is 1. The first kappa shape index (κ1) is 21.4. The molecular weight excluding hydrogens is 356 g/mol. The maximum absolute atomic E-state index is 12.2. The molecule has 3 N–H and O–H groups in total. The van der Waals surface area contributed by atoms with Crippen LogP contribution in [0.5, 0.6) is 17.2 Å². The van der Waals surface area contributed by atoms with Crippen molar-refractivity contribution in [3.8, 4) is 17.2 Å². The number of hydrogen-bond acceptors (Lipinski definition) is 5. The van der Waals surface area contributed by atoms with Gasteiger partial charge in [-0.3, -0.25) is 4.79 Å². The lowest BCUT2D eigenvalue weighted by Gasteiger charge is -2.11. The van der Waals surface area contributed by atoms with Gasteiger partial charge < -0.3 is 25.3 Å². The van der Waals surface area contributed by atoms with Gasteiger partial charge in [0.2, 0.25) is 0 Å². The topological polar surface area (TPSA) is 82.8 Å². The summed E-state index contributed by atoms with van der Waals surface area (Å²) >= 11 is 0. The molecule has 142 valence electrons. The second-order valence-corrected chi connectivity index (χ2v) is 5.58. The molecule has 0 unspecified atom stereocenters. The maximum atomic E-state index is 12.2. The lowest BCUT2D eigenvalue weighted by atomic mass is 10.1.